The van der Waals surface area contributed by atoms with Crippen LogP contribution in [0.1, 0.15) is 33.6 Å². The Kier molecular flexibility index (Phi) is 5.90. The minimum absolute atomic E-state index is 0.162. The second kappa shape index (κ2) is 7.20. The van der Waals surface area contributed by atoms with E-state index in [0.29, 0.717) is 12.8 Å². The molecule has 0 aliphatic carbocycles. The lowest BCUT2D eigenvalue weighted by atomic mass is 9.97. The van der Waals surface area contributed by atoms with E-state index < -0.39 is 17.2 Å². The average Bonchev–Trinajstić information content (AvgIpc) is 2.36. The molecule has 0 radical (unpaired) electrons. The highest BCUT2D eigenvalue weighted by Crippen LogP contribution is 2.21. The molecule has 0 heterocycles. The van der Waals surface area contributed by atoms with E-state index in [9.17, 15) is 8.78 Å². The van der Waals surface area contributed by atoms with Gasteiger partial charge in [-0.25, -0.2) is 8.78 Å². The van der Waals surface area contributed by atoms with E-state index in [-0.39, 0.29) is 18.4 Å². The number of ether oxygens (including phenoxy) is 1. The van der Waals surface area contributed by atoms with Crippen LogP contribution in [0, 0.1) is 23.0 Å². The van der Waals surface area contributed by atoms with Crippen molar-refractivity contribution in [2.75, 3.05) is 6.61 Å². The van der Waals surface area contributed by atoms with Crippen LogP contribution in [0.2, 0.25) is 0 Å². The number of nitriles is 1. The first-order chi connectivity index (χ1) is 9.38. The Morgan fingerprint density at radius 3 is 2.45 bits per heavy atom. The van der Waals surface area contributed by atoms with Crippen molar-refractivity contribution >= 4 is 0 Å². The van der Waals surface area contributed by atoms with E-state index in [1.54, 1.807) is 6.92 Å². The van der Waals surface area contributed by atoms with Crippen LogP contribution in [0.15, 0.2) is 18.2 Å². The molecule has 1 aromatic carbocycles. The first kappa shape index (κ1) is 16.4. The van der Waals surface area contributed by atoms with E-state index in [4.69, 9.17) is 10.00 Å². The zero-order valence-corrected chi connectivity index (χ0v) is 12.0. The van der Waals surface area contributed by atoms with Gasteiger partial charge in [0.15, 0.2) is 17.4 Å². The normalized spacial score (nSPS) is 13.8. The zero-order valence-electron chi connectivity index (χ0n) is 12.0. The smallest absolute Gasteiger partial charge is 0.190 e. The summed E-state index contributed by atoms with van der Waals surface area (Å²) in [4.78, 5) is 0. The summed E-state index contributed by atoms with van der Waals surface area (Å²) < 4.78 is 31.8. The molecule has 0 spiro atoms. The predicted molar refractivity (Wildman–Crippen MR) is 73.4 cm³/mol. The molecule has 0 bridgehead atoms. The fourth-order valence-electron chi connectivity index (χ4n) is 2.02. The minimum atomic E-state index is -0.714. The molecule has 5 heteroatoms. The quantitative estimate of drug-likeness (QED) is 0.780. The van der Waals surface area contributed by atoms with E-state index in [0.717, 1.165) is 12.1 Å². The Morgan fingerprint density at radius 1 is 1.35 bits per heavy atom. The van der Waals surface area contributed by atoms with Crippen molar-refractivity contribution in [2.24, 2.45) is 0 Å². The number of halogens is 2. The van der Waals surface area contributed by atoms with Gasteiger partial charge in [0, 0.05) is 6.04 Å². The van der Waals surface area contributed by atoms with Gasteiger partial charge < -0.3 is 4.74 Å². The lowest BCUT2D eigenvalue weighted by Gasteiger charge is -2.25. The SMILES string of the molecule is CC(C)NC(C)(C#N)CCCOc1c(F)cccc1F. The lowest BCUT2D eigenvalue weighted by molar-refractivity contribution is 0.259. The fraction of sp³-hybridized carbons (Fsp3) is 0.533. The van der Waals surface area contributed by atoms with Gasteiger partial charge in [-0.15, -0.1) is 0 Å². The van der Waals surface area contributed by atoms with Crippen LogP contribution in [0.4, 0.5) is 8.78 Å². The van der Waals surface area contributed by atoms with Crippen LogP contribution in [0.3, 0.4) is 0 Å². The molecule has 1 atom stereocenters. The van der Waals surface area contributed by atoms with Gasteiger partial charge in [-0.3, -0.25) is 5.32 Å². The van der Waals surface area contributed by atoms with Gasteiger partial charge in [0.05, 0.1) is 12.7 Å². The molecule has 110 valence electrons. The first-order valence-electron chi connectivity index (χ1n) is 6.64. The van der Waals surface area contributed by atoms with Gasteiger partial charge in [0.1, 0.15) is 5.54 Å². The van der Waals surface area contributed by atoms with Gasteiger partial charge in [-0.2, -0.15) is 5.26 Å². The molecule has 0 amide bonds. The maximum absolute atomic E-state index is 13.3. The van der Waals surface area contributed by atoms with Crippen LogP contribution in [-0.2, 0) is 0 Å². The molecule has 0 fully saturated rings. The summed E-state index contributed by atoms with van der Waals surface area (Å²) in [6, 6.07) is 5.99. The summed E-state index contributed by atoms with van der Waals surface area (Å²) in [5.74, 6) is -1.79. The summed E-state index contributed by atoms with van der Waals surface area (Å²) in [5.41, 5.74) is -0.661. The number of para-hydroxylation sites is 1. The Labute approximate surface area is 118 Å². The number of nitrogens with zero attached hydrogens (tertiary/aromatic N) is 1. The number of rotatable bonds is 7. The van der Waals surface area contributed by atoms with Gasteiger partial charge in [-0.1, -0.05) is 6.07 Å². The third-order valence-electron chi connectivity index (χ3n) is 2.84. The molecule has 0 aromatic heterocycles. The molecule has 0 saturated carbocycles. The number of hydrogen-bond donors (Lipinski definition) is 1. The second-order valence-electron chi connectivity index (χ2n) is 5.25. The Balaban J connectivity index is 2.47. The van der Waals surface area contributed by atoms with Crippen LogP contribution >= 0.6 is 0 Å². The number of nitrogens with one attached hydrogen (secondary N) is 1. The highest BCUT2D eigenvalue weighted by molar-refractivity contribution is 5.25. The van der Waals surface area contributed by atoms with Crippen LogP contribution in [-0.4, -0.2) is 18.2 Å². The maximum Gasteiger partial charge on any atom is 0.190 e. The Hall–Kier alpha value is -1.67. The van der Waals surface area contributed by atoms with Crippen molar-refractivity contribution in [1.82, 2.24) is 5.32 Å². The summed E-state index contributed by atoms with van der Waals surface area (Å²) in [6.07, 6.45) is 1.06. The van der Waals surface area contributed by atoms with E-state index in [1.165, 1.54) is 6.07 Å². The Bertz CT molecular complexity index is 465. The molecular weight excluding hydrogens is 262 g/mol. The molecule has 1 N–H and O–H groups in total. The first-order valence-corrected chi connectivity index (χ1v) is 6.64. The maximum atomic E-state index is 13.3. The Morgan fingerprint density at radius 2 is 1.95 bits per heavy atom. The molecule has 1 aromatic rings. The van der Waals surface area contributed by atoms with Crippen molar-refractivity contribution in [2.45, 2.75) is 45.2 Å². The van der Waals surface area contributed by atoms with Crippen LogP contribution in [0.25, 0.3) is 0 Å². The van der Waals surface area contributed by atoms with Crippen molar-refractivity contribution in [3.05, 3.63) is 29.8 Å². The summed E-state index contributed by atoms with van der Waals surface area (Å²) in [7, 11) is 0. The summed E-state index contributed by atoms with van der Waals surface area (Å²) in [5, 5.41) is 12.3. The number of hydrogen-bond acceptors (Lipinski definition) is 3. The standard InChI is InChI=1S/C15H20F2N2O/c1-11(2)19-15(3,10-18)8-5-9-20-14-12(16)6-4-7-13(14)17/h4,6-7,11,19H,5,8-9H2,1-3H3. The number of benzene rings is 1. The molecule has 20 heavy (non-hydrogen) atoms. The van der Waals surface area contributed by atoms with Crippen molar-refractivity contribution in [3.63, 3.8) is 0 Å². The molecule has 0 aliphatic heterocycles. The monoisotopic (exact) mass is 282 g/mol. The van der Waals surface area contributed by atoms with Gasteiger partial charge in [0.2, 0.25) is 0 Å². The van der Waals surface area contributed by atoms with Gasteiger partial charge >= 0.3 is 0 Å². The molecular formula is C15H20F2N2O. The fourth-order valence-corrected chi connectivity index (χ4v) is 2.02. The molecule has 1 unspecified atom stereocenters. The second-order valence-corrected chi connectivity index (χ2v) is 5.25. The van der Waals surface area contributed by atoms with Crippen LogP contribution < -0.4 is 10.1 Å². The van der Waals surface area contributed by atoms with E-state index in [2.05, 4.69) is 11.4 Å². The van der Waals surface area contributed by atoms with E-state index in [1.807, 2.05) is 13.8 Å². The third-order valence-corrected chi connectivity index (χ3v) is 2.84. The molecule has 3 nitrogen and oxygen atoms in total. The average molecular weight is 282 g/mol. The summed E-state index contributed by atoms with van der Waals surface area (Å²) in [6.45, 7) is 5.88. The topological polar surface area (TPSA) is 45.0 Å². The highest BCUT2D eigenvalue weighted by Gasteiger charge is 2.23. The zero-order chi connectivity index (χ0) is 15.2. The van der Waals surface area contributed by atoms with Crippen molar-refractivity contribution < 1.29 is 13.5 Å². The van der Waals surface area contributed by atoms with Crippen LogP contribution in [0.5, 0.6) is 5.75 Å². The largest absolute Gasteiger partial charge is 0.488 e. The molecule has 0 aliphatic rings. The molecule has 1 rings (SSSR count). The van der Waals surface area contributed by atoms with Gasteiger partial charge in [0.25, 0.3) is 0 Å². The lowest BCUT2D eigenvalue weighted by Crippen LogP contribution is -2.45. The predicted octanol–water partition coefficient (Wildman–Crippen LogP) is 3.40. The third kappa shape index (κ3) is 4.78. The van der Waals surface area contributed by atoms with Gasteiger partial charge in [-0.05, 0) is 45.7 Å². The minimum Gasteiger partial charge on any atom is -0.488 e. The van der Waals surface area contributed by atoms with Crippen molar-refractivity contribution in [1.29, 1.82) is 5.26 Å². The van der Waals surface area contributed by atoms with E-state index >= 15 is 0 Å². The van der Waals surface area contributed by atoms with Crippen molar-refractivity contribution in [3.8, 4) is 11.8 Å². The molecule has 0 saturated heterocycles. The highest BCUT2D eigenvalue weighted by atomic mass is 19.1. The summed E-state index contributed by atoms with van der Waals surface area (Å²) >= 11 is 0.